The average Bonchev–Trinajstić information content (AvgIpc) is 2.49. The van der Waals surface area contributed by atoms with Crippen molar-refractivity contribution >= 4 is 5.69 Å². The Hall–Kier alpha value is -2.60. The maximum Gasteiger partial charge on any atom is 0.315 e. The Balaban J connectivity index is 2.24. The monoisotopic (exact) mass is 288 g/mol. The van der Waals surface area contributed by atoms with E-state index >= 15 is 0 Å². The topological polar surface area (TPSA) is 73.6 Å². The largest absolute Gasteiger partial charge is 0.496 e. The molecule has 0 aromatic heterocycles. The van der Waals surface area contributed by atoms with Crippen LogP contribution in [0.25, 0.3) is 0 Å². The molecule has 0 aliphatic carbocycles. The van der Waals surface area contributed by atoms with Gasteiger partial charge in [-0.25, -0.2) is 0 Å². The highest BCUT2D eigenvalue weighted by atomic mass is 16.6. The van der Waals surface area contributed by atoms with Gasteiger partial charge in [0, 0.05) is 6.54 Å². The van der Waals surface area contributed by atoms with Crippen LogP contribution in [0.15, 0.2) is 42.5 Å². The van der Waals surface area contributed by atoms with Gasteiger partial charge >= 0.3 is 5.69 Å². The first-order valence-electron chi connectivity index (χ1n) is 6.38. The summed E-state index contributed by atoms with van der Waals surface area (Å²) in [5.41, 5.74) is 0.975. The van der Waals surface area contributed by atoms with Gasteiger partial charge in [0.1, 0.15) is 11.5 Å². The van der Waals surface area contributed by atoms with E-state index in [4.69, 9.17) is 9.47 Å². The molecule has 110 valence electrons. The van der Waals surface area contributed by atoms with E-state index in [9.17, 15) is 10.1 Å². The Morgan fingerprint density at radius 1 is 1.14 bits per heavy atom. The van der Waals surface area contributed by atoms with E-state index in [1.807, 2.05) is 19.2 Å². The molecule has 0 aliphatic rings. The molecule has 0 aliphatic heterocycles. The summed E-state index contributed by atoms with van der Waals surface area (Å²) in [5.74, 6) is 1.14. The first-order valence-corrected chi connectivity index (χ1v) is 6.38. The number of rotatable bonds is 6. The van der Waals surface area contributed by atoms with E-state index in [0.717, 1.165) is 12.1 Å². The summed E-state index contributed by atoms with van der Waals surface area (Å²) < 4.78 is 10.6. The zero-order chi connectivity index (χ0) is 15.2. The van der Waals surface area contributed by atoms with Crippen molar-refractivity contribution in [2.24, 2.45) is 0 Å². The van der Waals surface area contributed by atoms with E-state index < -0.39 is 4.92 Å². The molecule has 0 fully saturated rings. The number of hydrogen-bond donors (Lipinski definition) is 1. The highest BCUT2D eigenvalue weighted by molar-refractivity contribution is 5.52. The highest BCUT2D eigenvalue weighted by Crippen LogP contribution is 2.34. The molecule has 2 rings (SSSR count). The van der Waals surface area contributed by atoms with E-state index in [-0.39, 0.29) is 11.4 Å². The number of methoxy groups -OCH3 is 1. The van der Waals surface area contributed by atoms with Crippen LogP contribution in [0.4, 0.5) is 5.69 Å². The van der Waals surface area contributed by atoms with Crippen molar-refractivity contribution in [2.75, 3.05) is 14.2 Å². The molecule has 2 aromatic carbocycles. The summed E-state index contributed by atoms with van der Waals surface area (Å²) >= 11 is 0. The summed E-state index contributed by atoms with van der Waals surface area (Å²) in [6.45, 7) is 0.753. The molecule has 6 heteroatoms. The van der Waals surface area contributed by atoms with Gasteiger partial charge in [0.25, 0.3) is 0 Å². The Bertz CT molecular complexity index is 626. The van der Waals surface area contributed by atoms with Crippen LogP contribution in [0.3, 0.4) is 0 Å². The maximum atomic E-state index is 11.1. The van der Waals surface area contributed by atoms with E-state index in [0.29, 0.717) is 11.5 Å². The first kappa shape index (κ1) is 14.8. The lowest BCUT2D eigenvalue weighted by atomic mass is 10.2. The van der Waals surface area contributed by atoms with E-state index in [1.54, 1.807) is 18.2 Å². The molecule has 0 spiro atoms. The molecule has 21 heavy (non-hydrogen) atoms. The molecule has 0 radical (unpaired) electrons. The van der Waals surface area contributed by atoms with Crippen LogP contribution in [-0.2, 0) is 6.54 Å². The predicted molar refractivity (Wildman–Crippen MR) is 78.9 cm³/mol. The first-order chi connectivity index (χ1) is 10.1. The fourth-order valence-corrected chi connectivity index (χ4v) is 1.86. The molecule has 0 atom stereocenters. The minimum Gasteiger partial charge on any atom is -0.496 e. The fourth-order valence-electron chi connectivity index (χ4n) is 1.86. The zero-order valence-electron chi connectivity index (χ0n) is 11.8. The number of nitrogens with zero attached hydrogens (tertiary/aromatic N) is 1. The molecule has 0 amide bonds. The van der Waals surface area contributed by atoms with E-state index in [1.165, 1.54) is 19.2 Å². The molecule has 0 heterocycles. The lowest BCUT2D eigenvalue weighted by molar-refractivity contribution is -0.385. The third-order valence-electron chi connectivity index (χ3n) is 2.89. The van der Waals surface area contributed by atoms with Gasteiger partial charge in [-0.05, 0) is 36.9 Å². The second-order valence-electron chi connectivity index (χ2n) is 4.37. The van der Waals surface area contributed by atoms with Crippen LogP contribution >= 0.6 is 0 Å². The zero-order valence-corrected chi connectivity index (χ0v) is 11.8. The summed E-state index contributed by atoms with van der Waals surface area (Å²) in [7, 11) is 3.32. The predicted octanol–water partition coefficient (Wildman–Crippen LogP) is 3.12. The van der Waals surface area contributed by atoms with Gasteiger partial charge in [-0.1, -0.05) is 12.1 Å². The van der Waals surface area contributed by atoms with Crippen molar-refractivity contribution in [1.82, 2.24) is 5.32 Å². The summed E-state index contributed by atoms with van der Waals surface area (Å²) in [4.78, 5) is 10.6. The van der Waals surface area contributed by atoms with Gasteiger partial charge in [-0.2, -0.15) is 0 Å². The van der Waals surface area contributed by atoms with Crippen LogP contribution in [0.2, 0.25) is 0 Å². The molecular weight excluding hydrogens is 272 g/mol. The molecule has 6 nitrogen and oxygen atoms in total. The molecule has 0 saturated heterocycles. The highest BCUT2D eigenvalue weighted by Gasteiger charge is 2.17. The number of benzene rings is 2. The van der Waals surface area contributed by atoms with Crippen LogP contribution in [-0.4, -0.2) is 19.1 Å². The van der Waals surface area contributed by atoms with Crippen molar-refractivity contribution in [3.8, 4) is 17.2 Å². The molecular formula is C15H16N2O4. The normalized spacial score (nSPS) is 10.2. The minimum atomic E-state index is -0.493. The second kappa shape index (κ2) is 6.71. The van der Waals surface area contributed by atoms with E-state index in [2.05, 4.69) is 5.32 Å². The number of hydrogen-bond acceptors (Lipinski definition) is 5. The smallest absolute Gasteiger partial charge is 0.315 e. The van der Waals surface area contributed by atoms with Gasteiger partial charge in [0.2, 0.25) is 5.75 Å². The molecule has 0 bridgehead atoms. The number of nitro groups is 1. The lowest BCUT2D eigenvalue weighted by Gasteiger charge is -2.08. The Labute approximate surface area is 122 Å². The third-order valence-corrected chi connectivity index (χ3v) is 2.89. The van der Waals surface area contributed by atoms with Crippen molar-refractivity contribution in [1.29, 1.82) is 0 Å². The minimum absolute atomic E-state index is 0.131. The third kappa shape index (κ3) is 3.70. The molecule has 1 N–H and O–H groups in total. The van der Waals surface area contributed by atoms with Crippen LogP contribution in [0, 0.1) is 10.1 Å². The SMILES string of the molecule is CNCc1ccc(Oc2ccc(OC)cc2[N+](=O)[O-])cc1. The van der Waals surface area contributed by atoms with Crippen molar-refractivity contribution in [3.05, 3.63) is 58.1 Å². The van der Waals surface area contributed by atoms with Crippen LogP contribution in [0.1, 0.15) is 5.56 Å². The number of nitro benzene ring substituents is 1. The van der Waals surface area contributed by atoms with Crippen molar-refractivity contribution < 1.29 is 14.4 Å². The molecule has 0 unspecified atom stereocenters. The van der Waals surface area contributed by atoms with Gasteiger partial charge in [-0.3, -0.25) is 10.1 Å². The standard InChI is InChI=1S/C15H16N2O4/c1-16-10-11-3-5-12(6-4-11)21-15-8-7-13(20-2)9-14(15)17(18)19/h3-9,16H,10H2,1-2H3. The Morgan fingerprint density at radius 3 is 2.38 bits per heavy atom. The van der Waals surface area contributed by atoms with Crippen molar-refractivity contribution in [3.63, 3.8) is 0 Å². The maximum absolute atomic E-state index is 11.1. The van der Waals surface area contributed by atoms with Gasteiger partial charge in [0.05, 0.1) is 18.1 Å². The summed E-state index contributed by atoms with van der Waals surface area (Å²) in [6, 6.07) is 11.9. The molecule has 2 aromatic rings. The van der Waals surface area contributed by atoms with Gasteiger partial charge in [0.15, 0.2) is 0 Å². The molecule has 0 saturated carbocycles. The van der Waals surface area contributed by atoms with Gasteiger partial charge < -0.3 is 14.8 Å². The summed E-state index contributed by atoms with van der Waals surface area (Å²) in [6.07, 6.45) is 0. The number of ether oxygens (including phenoxy) is 2. The Kier molecular flexibility index (Phi) is 4.73. The Morgan fingerprint density at radius 2 is 1.81 bits per heavy atom. The fraction of sp³-hybridized carbons (Fsp3) is 0.200. The summed E-state index contributed by atoms with van der Waals surface area (Å²) in [5, 5.41) is 14.1. The quantitative estimate of drug-likeness (QED) is 0.653. The second-order valence-corrected chi connectivity index (χ2v) is 4.37. The average molecular weight is 288 g/mol. The van der Waals surface area contributed by atoms with Gasteiger partial charge in [-0.15, -0.1) is 0 Å². The van der Waals surface area contributed by atoms with Crippen molar-refractivity contribution in [2.45, 2.75) is 6.54 Å². The van der Waals surface area contributed by atoms with Crippen LogP contribution < -0.4 is 14.8 Å². The van der Waals surface area contributed by atoms with Crippen LogP contribution in [0.5, 0.6) is 17.2 Å². The lowest BCUT2D eigenvalue weighted by Crippen LogP contribution is -2.04. The number of nitrogens with one attached hydrogen (secondary N) is 1.